The maximum absolute atomic E-state index is 4.55. The van der Waals surface area contributed by atoms with Crippen LogP contribution in [0.25, 0.3) is 0 Å². The first-order chi connectivity index (χ1) is 12.0. The second-order valence-electron chi connectivity index (χ2n) is 7.90. The standard InChI is InChI=1S/C20H31BrN4/c1-20(2,17-8-4-5-9-18(17)21)15-23-19(22-3)25-13-10-16(14-25)24-11-6-7-12-24/h4-5,8-9,16H,6-7,10-15H2,1-3H3,(H,22,23). The monoisotopic (exact) mass is 406 g/mol. The lowest BCUT2D eigenvalue weighted by molar-refractivity contribution is 0.249. The molecule has 1 atom stereocenters. The van der Waals surface area contributed by atoms with E-state index >= 15 is 0 Å². The van der Waals surface area contributed by atoms with Crippen LogP contribution in [0.3, 0.4) is 0 Å². The summed E-state index contributed by atoms with van der Waals surface area (Å²) >= 11 is 3.69. The highest BCUT2D eigenvalue weighted by atomic mass is 79.9. The van der Waals surface area contributed by atoms with Gasteiger partial charge in [-0.15, -0.1) is 0 Å². The molecule has 2 saturated heterocycles. The highest BCUT2D eigenvalue weighted by molar-refractivity contribution is 9.10. The molecule has 2 aliphatic rings. The highest BCUT2D eigenvalue weighted by Crippen LogP contribution is 2.29. The van der Waals surface area contributed by atoms with Gasteiger partial charge in [0.1, 0.15) is 0 Å². The van der Waals surface area contributed by atoms with Gasteiger partial charge in [-0.25, -0.2) is 0 Å². The van der Waals surface area contributed by atoms with Gasteiger partial charge in [0.05, 0.1) is 0 Å². The molecule has 0 amide bonds. The molecule has 25 heavy (non-hydrogen) atoms. The first kappa shape index (κ1) is 18.7. The fourth-order valence-corrected chi connectivity index (χ4v) is 4.90. The van der Waals surface area contributed by atoms with Gasteiger partial charge in [0.25, 0.3) is 0 Å². The number of halogens is 1. The van der Waals surface area contributed by atoms with Gasteiger partial charge in [-0.2, -0.15) is 0 Å². The topological polar surface area (TPSA) is 30.9 Å². The SMILES string of the molecule is CN=C(NCC(C)(C)c1ccccc1Br)N1CCC(N2CCCC2)C1. The second-order valence-corrected chi connectivity index (χ2v) is 8.75. The Bertz CT molecular complexity index is 607. The fourth-order valence-electron chi connectivity index (χ4n) is 4.08. The van der Waals surface area contributed by atoms with Crippen LogP contribution < -0.4 is 5.32 Å². The molecule has 0 spiro atoms. The minimum absolute atomic E-state index is 0.0319. The van der Waals surface area contributed by atoms with Gasteiger partial charge in [0, 0.05) is 42.6 Å². The van der Waals surface area contributed by atoms with Crippen LogP contribution in [0.1, 0.15) is 38.7 Å². The van der Waals surface area contributed by atoms with Crippen molar-refractivity contribution in [3.63, 3.8) is 0 Å². The van der Waals surface area contributed by atoms with Crippen molar-refractivity contribution >= 4 is 21.9 Å². The van der Waals surface area contributed by atoms with Crippen LogP contribution >= 0.6 is 15.9 Å². The summed E-state index contributed by atoms with van der Waals surface area (Å²) in [6, 6.07) is 9.20. The Morgan fingerprint density at radius 3 is 2.64 bits per heavy atom. The van der Waals surface area contributed by atoms with E-state index < -0.39 is 0 Å². The van der Waals surface area contributed by atoms with Crippen molar-refractivity contribution in [2.75, 3.05) is 39.8 Å². The van der Waals surface area contributed by atoms with Gasteiger partial charge in [-0.05, 0) is 44.0 Å². The van der Waals surface area contributed by atoms with Crippen LogP contribution in [0, 0.1) is 0 Å². The maximum Gasteiger partial charge on any atom is 0.193 e. The molecule has 5 heteroatoms. The van der Waals surface area contributed by atoms with Crippen molar-refractivity contribution in [1.29, 1.82) is 0 Å². The van der Waals surface area contributed by atoms with Gasteiger partial charge in [-0.3, -0.25) is 9.89 Å². The molecule has 1 aromatic carbocycles. The summed E-state index contributed by atoms with van der Waals surface area (Å²) in [7, 11) is 1.90. The van der Waals surface area contributed by atoms with Crippen LogP contribution in [-0.4, -0.2) is 61.6 Å². The Hall–Kier alpha value is -1.07. The van der Waals surface area contributed by atoms with Crippen LogP contribution in [0.5, 0.6) is 0 Å². The number of rotatable bonds is 4. The summed E-state index contributed by atoms with van der Waals surface area (Å²) in [4.78, 5) is 9.65. The van der Waals surface area contributed by atoms with E-state index in [1.54, 1.807) is 0 Å². The zero-order valence-corrected chi connectivity index (χ0v) is 17.3. The normalized spacial score (nSPS) is 22.6. The summed E-state index contributed by atoms with van der Waals surface area (Å²) in [5, 5.41) is 3.63. The Kier molecular flexibility index (Phi) is 6.05. The molecule has 0 saturated carbocycles. The molecule has 3 rings (SSSR count). The number of hydrogen-bond acceptors (Lipinski definition) is 2. The molecule has 0 aromatic heterocycles. The zero-order valence-electron chi connectivity index (χ0n) is 15.8. The Balaban J connectivity index is 1.58. The van der Waals surface area contributed by atoms with Crippen molar-refractivity contribution < 1.29 is 0 Å². The summed E-state index contributed by atoms with van der Waals surface area (Å²) in [5.74, 6) is 1.04. The number of nitrogens with one attached hydrogen (secondary N) is 1. The fraction of sp³-hybridized carbons (Fsp3) is 0.650. The first-order valence-corrected chi connectivity index (χ1v) is 10.3. The lowest BCUT2D eigenvalue weighted by Gasteiger charge is -2.30. The molecule has 2 aliphatic heterocycles. The van der Waals surface area contributed by atoms with Crippen molar-refractivity contribution in [1.82, 2.24) is 15.1 Å². The van der Waals surface area contributed by atoms with Gasteiger partial charge >= 0.3 is 0 Å². The molecular formula is C20H31BrN4. The second kappa shape index (κ2) is 8.09. The summed E-state index contributed by atoms with van der Waals surface area (Å²) in [6.07, 6.45) is 3.99. The summed E-state index contributed by atoms with van der Waals surface area (Å²) < 4.78 is 1.17. The van der Waals surface area contributed by atoms with Crippen molar-refractivity contribution in [2.45, 2.75) is 44.6 Å². The molecule has 2 heterocycles. The highest BCUT2D eigenvalue weighted by Gasteiger charge is 2.31. The third-order valence-corrected chi connectivity index (χ3v) is 6.31. The molecule has 2 fully saturated rings. The van der Waals surface area contributed by atoms with E-state index in [0.29, 0.717) is 6.04 Å². The lowest BCUT2D eigenvalue weighted by atomic mass is 9.84. The van der Waals surface area contributed by atoms with E-state index in [4.69, 9.17) is 0 Å². The lowest BCUT2D eigenvalue weighted by Crippen LogP contribution is -2.46. The summed E-state index contributed by atoms with van der Waals surface area (Å²) in [6.45, 7) is 10.2. The average Bonchev–Trinajstić information content (AvgIpc) is 3.27. The third-order valence-electron chi connectivity index (χ3n) is 5.62. The van der Waals surface area contributed by atoms with Gasteiger partial charge in [0.2, 0.25) is 0 Å². The van der Waals surface area contributed by atoms with Gasteiger partial charge < -0.3 is 10.2 Å². The van der Waals surface area contributed by atoms with E-state index in [-0.39, 0.29) is 5.41 Å². The molecule has 0 radical (unpaired) electrons. The van der Waals surface area contributed by atoms with E-state index in [0.717, 1.165) is 25.6 Å². The quantitative estimate of drug-likeness (QED) is 0.613. The van der Waals surface area contributed by atoms with E-state index in [1.807, 2.05) is 7.05 Å². The van der Waals surface area contributed by atoms with Gasteiger partial charge in [-0.1, -0.05) is 48.0 Å². The molecular weight excluding hydrogens is 376 g/mol. The largest absolute Gasteiger partial charge is 0.355 e. The van der Waals surface area contributed by atoms with Crippen LogP contribution in [0.2, 0.25) is 0 Å². The molecule has 1 N–H and O–H groups in total. The van der Waals surface area contributed by atoms with Gasteiger partial charge in [0.15, 0.2) is 5.96 Å². The van der Waals surface area contributed by atoms with Crippen LogP contribution in [0.15, 0.2) is 33.7 Å². The van der Waals surface area contributed by atoms with E-state index in [2.05, 4.69) is 74.2 Å². The van der Waals surface area contributed by atoms with E-state index in [9.17, 15) is 0 Å². The molecule has 1 unspecified atom stereocenters. The average molecular weight is 407 g/mol. The minimum Gasteiger partial charge on any atom is -0.355 e. The molecule has 1 aromatic rings. The number of hydrogen-bond donors (Lipinski definition) is 1. The third kappa shape index (κ3) is 4.37. The van der Waals surface area contributed by atoms with E-state index in [1.165, 1.54) is 42.4 Å². The van der Waals surface area contributed by atoms with Crippen molar-refractivity contribution in [2.24, 2.45) is 4.99 Å². The zero-order chi connectivity index (χ0) is 17.9. The first-order valence-electron chi connectivity index (χ1n) is 9.46. The number of benzene rings is 1. The molecule has 0 bridgehead atoms. The predicted octanol–water partition coefficient (Wildman–Crippen LogP) is 3.47. The van der Waals surface area contributed by atoms with Crippen LogP contribution in [0.4, 0.5) is 0 Å². The number of guanidine groups is 1. The van der Waals surface area contributed by atoms with Crippen molar-refractivity contribution in [3.8, 4) is 0 Å². The number of nitrogens with zero attached hydrogens (tertiary/aromatic N) is 3. The van der Waals surface area contributed by atoms with Crippen molar-refractivity contribution in [3.05, 3.63) is 34.3 Å². The molecule has 0 aliphatic carbocycles. The Morgan fingerprint density at radius 1 is 1.24 bits per heavy atom. The Morgan fingerprint density at radius 2 is 1.96 bits per heavy atom. The number of aliphatic imine (C=N–C) groups is 1. The number of likely N-dealkylation sites (tertiary alicyclic amines) is 2. The minimum atomic E-state index is 0.0319. The predicted molar refractivity (Wildman–Crippen MR) is 109 cm³/mol. The maximum atomic E-state index is 4.55. The molecule has 4 nitrogen and oxygen atoms in total. The smallest absolute Gasteiger partial charge is 0.193 e. The summed E-state index contributed by atoms with van der Waals surface area (Å²) in [5.41, 5.74) is 1.36. The Labute approximate surface area is 160 Å². The molecule has 138 valence electrons. The van der Waals surface area contributed by atoms with Crippen LogP contribution in [-0.2, 0) is 5.41 Å².